The van der Waals surface area contributed by atoms with Crippen LogP contribution in [0.15, 0.2) is 24.3 Å². The Morgan fingerprint density at radius 1 is 1.29 bits per heavy atom. The van der Waals surface area contributed by atoms with Crippen molar-refractivity contribution in [1.29, 1.82) is 5.26 Å². The Morgan fingerprint density at radius 2 is 1.95 bits per heavy atom. The van der Waals surface area contributed by atoms with Crippen LogP contribution in [0.3, 0.4) is 0 Å². The lowest BCUT2D eigenvalue weighted by Crippen LogP contribution is -2.10. The van der Waals surface area contributed by atoms with Gasteiger partial charge in [0.2, 0.25) is 0 Å². The van der Waals surface area contributed by atoms with Crippen molar-refractivity contribution in [1.82, 2.24) is 0 Å². The number of ether oxygens (including phenoxy) is 1. The van der Waals surface area contributed by atoms with E-state index in [9.17, 15) is 13.2 Å². The molecule has 0 aliphatic carbocycles. The second-order valence-electron chi connectivity index (χ2n) is 4.69. The summed E-state index contributed by atoms with van der Waals surface area (Å²) in [6.45, 7) is 2.28. The Morgan fingerprint density at radius 3 is 2.52 bits per heavy atom. The Bertz CT molecular complexity index is 600. The molecule has 0 aliphatic rings. The highest BCUT2D eigenvalue weighted by Crippen LogP contribution is 2.11. The summed E-state index contributed by atoms with van der Waals surface area (Å²) in [7, 11) is -3.22. The standard InChI is InChI=1S/C15H19NO4S/c1-2-10-20-15(17)14-7-5-13(6-8-14)12-21(18,19)11-4-3-9-16/h5-8H,2-4,10-12H2,1H3. The molecule has 0 radical (unpaired) electrons. The van der Waals surface area contributed by atoms with Gasteiger partial charge in [-0.15, -0.1) is 0 Å². The summed E-state index contributed by atoms with van der Waals surface area (Å²) in [5.41, 5.74) is 1.04. The predicted octanol–water partition coefficient (Wildman–Crippen LogP) is 2.47. The highest BCUT2D eigenvalue weighted by molar-refractivity contribution is 7.90. The summed E-state index contributed by atoms with van der Waals surface area (Å²) in [5, 5.41) is 8.41. The van der Waals surface area contributed by atoms with Crippen molar-refractivity contribution in [2.75, 3.05) is 12.4 Å². The fourth-order valence-corrected chi connectivity index (χ4v) is 3.14. The average Bonchev–Trinajstić information content (AvgIpc) is 2.45. The minimum atomic E-state index is -3.22. The molecule has 0 N–H and O–H groups in total. The number of unbranched alkanes of at least 4 members (excludes halogenated alkanes) is 1. The third kappa shape index (κ3) is 6.41. The number of rotatable bonds is 8. The number of carbonyl (C=O) groups excluding carboxylic acids is 1. The Balaban J connectivity index is 2.62. The van der Waals surface area contributed by atoms with Gasteiger partial charge in [-0.25, -0.2) is 13.2 Å². The quantitative estimate of drug-likeness (QED) is 0.544. The predicted molar refractivity (Wildman–Crippen MR) is 79.4 cm³/mol. The molecule has 0 spiro atoms. The summed E-state index contributed by atoms with van der Waals surface area (Å²) in [6.07, 6.45) is 1.34. The topological polar surface area (TPSA) is 84.2 Å². The first-order valence-corrected chi connectivity index (χ1v) is 8.64. The molecule has 1 rings (SSSR count). The zero-order chi connectivity index (χ0) is 15.7. The van der Waals surface area contributed by atoms with E-state index in [1.54, 1.807) is 24.3 Å². The summed E-state index contributed by atoms with van der Waals surface area (Å²) in [6, 6.07) is 8.29. The molecule has 21 heavy (non-hydrogen) atoms. The van der Waals surface area contributed by atoms with Crippen molar-refractivity contribution in [2.45, 2.75) is 31.9 Å². The molecule has 1 aromatic rings. The van der Waals surface area contributed by atoms with Gasteiger partial charge in [0.25, 0.3) is 0 Å². The van der Waals surface area contributed by atoms with E-state index in [0.717, 1.165) is 6.42 Å². The van der Waals surface area contributed by atoms with Crippen molar-refractivity contribution < 1.29 is 17.9 Å². The lowest BCUT2D eigenvalue weighted by molar-refractivity contribution is 0.0505. The van der Waals surface area contributed by atoms with Crippen LogP contribution < -0.4 is 0 Å². The first-order valence-electron chi connectivity index (χ1n) is 6.82. The van der Waals surface area contributed by atoms with E-state index in [0.29, 0.717) is 24.2 Å². The molecule has 0 saturated carbocycles. The maximum Gasteiger partial charge on any atom is 0.338 e. The molecule has 0 fully saturated rings. The van der Waals surface area contributed by atoms with Crippen LogP contribution in [0, 0.1) is 11.3 Å². The van der Waals surface area contributed by atoms with Crippen molar-refractivity contribution in [3.63, 3.8) is 0 Å². The molecule has 0 heterocycles. The molecule has 0 unspecified atom stereocenters. The summed E-state index contributed by atoms with van der Waals surface area (Å²) in [4.78, 5) is 11.6. The molecule has 5 nitrogen and oxygen atoms in total. The number of hydrogen-bond donors (Lipinski definition) is 0. The summed E-state index contributed by atoms with van der Waals surface area (Å²) in [5.74, 6) is -0.482. The van der Waals surface area contributed by atoms with Crippen LogP contribution in [0.4, 0.5) is 0 Å². The monoisotopic (exact) mass is 309 g/mol. The Kier molecular flexibility index (Phi) is 6.89. The third-order valence-electron chi connectivity index (χ3n) is 2.76. The maximum absolute atomic E-state index is 11.8. The van der Waals surface area contributed by atoms with E-state index in [-0.39, 0.29) is 17.9 Å². The van der Waals surface area contributed by atoms with Crippen LogP contribution in [0.25, 0.3) is 0 Å². The Labute approximate surface area is 125 Å². The molecule has 0 saturated heterocycles. The van der Waals surface area contributed by atoms with Crippen LogP contribution in [0.2, 0.25) is 0 Å². The van der Waals surface area contributed by atoms with Gasteiger partial charge in [0.05, 0.1) is 29.7 Å². The van der Waals surface area contributed by atoms with Gasteiger partial charge in [-0.05, 0) is 30.5 Å². The van der Waals surface area contributed by atoms with Crippen molar-refractivity contribution >= 4 is 15.8 Å². The first kappa shape index (κ1) is 17.2. The number of nitriles is 1. The zero-order valence-corrected chi connectivity index (χ0v) is 12.9. The van der Waals surface area contributed by atoms with E-state index in [2.05, 4.69) is 0 Å². The number of nitrogens with zero attached hydrogens (tertiary/aromatic N) is 1. The second-order valence-corrected chi connectivity index (χ2v) is 6.87. The Hall–Kier alpha value is -1.87. The van der Waals surface area contributed by atoms with Crippen LogP contribution in [0.1, 0.15) is 42.1 Å². The van der Waals surface area contributed by atoms with E-state index in [4.69, 9.17) is 10.00 Å². The fraction of sp³-hybridized carbons (Fsp3) is 0.467. The van der Waals surface area contributed by atoms with Gasteiger partial charge in [-0.2, -0.15) is 5.26 Å². The molecule has 0 aromatic heterocycles. The number of hydrogen-bond acceptors (Lipinski definition) is 5. The molecular formula is C15H19NO4S. The zero-order valence-electron chi connectivity index (χ0n) is 12.0. The SMILES string of the molecule is CCCOC(=O)c1ccc(CS(=O)(=O)CCCC#N)cc1. The number of esters is 1. The average molecular weight is 309 g/mol. The van der Waals surface area contributed by atoms with Crippen molar-refractivity contribution in [3.05, 3.63) is 35.4 Å². The number of carbonyl (C=O) groups is 1. The number of benzene rings is 1. The van der Waals surface area contributed by atoms with Gasteiger partial charge in [0, 0.05) is 6.42 Å². The fourth-order valence-electron chi connectivity index (χ4n) is 1.71. The molecule has 0 amide bonds. The van der Waals surface area contributed by atoms with Crippen LogP contribution in [-0.4, -0.2) is 26.7 Å². The van der Waals surface area contributed by atoms with Crippen LogP contribution in [-0.2, 0) is 20.3 Å². The van der Waals surface area contributed by atoms with Gasteiger partial charge in [-0.1, -0.05) is 19.1 Å². The molecule has 0 aliphatic heterocycles. The maximum atomic E-state index is 11.8. The van der Waals surface area contributed by atoms with Crippen LogP contribution in [0.5, 0.6) is 0 Å². The normalized spacial score (nSPS) is 10.9. The molecular weight excluding hydrogens is 290 g/mol. The van der Waals surface area contributed by atoms with E-state index in [1.165, 1.54) is 0 Å². The van der Waals surface area contributed by atoms with E-state index in [1.807, 2.05) is 13.0 Å². The minimum Gasteiger partial charge on any atom is -0.462 e. The van der Waals surface area contributed by atoms with Gasteiger partial charge in [-0.3, -0.25) is 0 Å². The second kappa shape index (κ2) is 8.42. The van der Waals surface area contributed by atoms with Gasteiger partial charge < -0.3 is 4.74 Å². The van der Waals surface area contributed by atoms with Crippen LogP contribution >= 0.6 is 0 Å². The largest absolute Gasteiger partial charge is 0.462 e. The molecule has 6 heteroatoms. The van der Waals surface area contributed by atoms with Crippen molar-refractivity contribution in [2.24, 2.45) is 0 Å². The first-order chi connectivity index (χ1) is 9.98. The van der Waals surface area contributed by atoms with Gasteiger partial charge >= 0.3 is 5.97 Å². The molecule has 1 aromatic carbocycles. The van der Waals surface area contributed by atoms with E-state index >= 15 is 0 Å². The van der Waals surface area contributed by atoms with Gasteiger partial charge in [0.15, 0.2) is 9.84 Å². The lowest BCUT2D eigenvalue weighted by atomic mass is 10.1. The molecule has 0 atom stereocenters. The van der Waals surface area contributed by atoms with Gasteiger partial charge in [0.1, 0.15) is 0 Å². The minimum absolute atomic E-state index is 0.000846. The number of sulfone groups is 1. The van der Waals surface area contributed by atoms with E-state index < -0.39 is 15.8 Å². The molecule has 114 valence electrons. The smallest absolute Gasteiger partial charge is 0.338 e. The lowest BCUT2D eigenvalue weighted by Gasteiger charge is -2.06. The highest BCUT2D eigenvalue weighted by atomic mass is 32.2. The van der Waals surface area contributed by atoms with Crippen molar-refractivity contribution in [3.8, 4) is 6.07 Å². The third-order valence-corrected chi connectivity index (χ3v) is 4.44. The highest BCUT2D eigenvalue weighted by Gasteiger charge is 2.13. The summed E-state index contributed by atoms with van der Waals surface area (Å²) < 4.78 is 28.7. The summed E-state index contributed by atoms with van der Waals surface area (Å²) >= 11 is 0. The molecule has 0 bridgehead atoms.